The molecule has 1 aromatic heterocycles. The molecule has 0 aliphatic heterocycles. The van der Waals surface area contributed by atoms with E-state index in [4.69, 9.17) is 10.6 Å². The summed E-state index contributed by atoms with van der Waals surface area (Å²) in [5.41, 5.74) is 4.76. The predicted molar refractivity (Wildman–Crippen MR) is 85.4 cm³/mol. The van der Waals surface area contributed by atoms with Crippen LogP contribution in [0.3, 0.4) is 0 Å². The van der Waals surface area contributed by atoms with Crippen LogP contribution in [-0.2, 0) is 5.41 Å². The summed E-state index contributed by atoms with van der Waals surface area (Å²) in [4.78, 5) is 1.03. The maximum atomic E-state index is 5.82. The van der Waals surface area contributed by atoms with Crippen LogP contribution < -0.4 is 16.0 Å². The van der Waals surface area contributed by atoms with E-state index in [0.717, 1.165) is 21.9 Å². The van der Waals surface area contributed by atoms with E-state index in [2.05, 4.69) is 35.8 Å². The molecule has 0 bridgehead atoms. The summed E-state index contributed by atoms with van der Waals surface area (Å²) in [6.07, 6.45) is 0. The third kappa shape index (κ3) is 3.40. The van der Waals surface area contributed by atoms with Crippen LogP contribution in [0.15, 0.2) is 24.3 Å². The minimum absolute atomic E-state index is 0.0853. The van der Waals surface area contributed by atoms with Crippen LogP contribution in [0, 0.1) is 0 Å². The molecule has 0 fully saturated rings. The first-order chi connectivity index (χ1) is 9.99. The van der Waals surface area contributed by atoms with E-state index in [1.807, 2.05) is 31.2 Å². The predicted octanol–water partition coefficient (Wildman–Crippen LogP) is 2.79. The van der Waals surface area contributed by atoms with Gasteiger partial charge in [-0.25, -0.2) is 5.43 Å². The third-order valence-electron chi connectivity index (χ3n) is 3.18. The molecule has 0 saturated carbocycles. The standard InChI is InChI=1S/C15H22N4OS/c1-5-20-11-9-7-6-8-10(11)12(17-16)13-14(15(2,3)4)18-19-21-13/h6-9,12,17H,5,16H2,1-4H3. The molecule has 1 atom stereocenters. The van der Waals surface area contributed by atoms with Crippen molar-refractivity contribution in [2.24, 2.45) is 5.84 Å². The van der Waals surface area contributed by atoms with Gasteiger partial charge in [0.1, 0.15) is 5.75 Å². The highest BCUT2D eigenvalue weighted by Gasteiger charge is 2.29. The lowest BCUT2D eigenvalue weighted by molar-refractivity contribution is 0.333. The molecule has 3 N–H and O–H groups in total. The topological polar surface area (TPSA) is 73.1 Å². The molecule has 2 rings (SSSR count). The zero-order valence-electron chi connectivity index (χ0n) is 12.9. The highest BCUT2D eigenvalue weighted by atomic mass is 32.1. The summed E-state index contributed by atoms with van der Waals surface area (Å²) in [7, 11) is 0. The Morgan fingerprint density at radius 2 is 2.05 bits per heavy atom. The van der Waals surface area contributed by atoms with Gasteiger partial charge < -0.3 is 4.74 Å². The van der Waals surface area contributed by atoms with Gasteiger partial charge in [-0.2, -0.15) is 0 Å². The number of benzene rings is 1. The molecule has 2 aromatic rings. The molecule has 0 spiro atoms. The molecule has 114 valence electrons. The molecule has 0 aliphatic rings. The number of aromatic nitrogens is 2. The number of rotatable bonds is 5. The highest BCUT2D eigenvalue weighted by molar-refractivity contribution is 7.05. The molecule has 0 amide bonds. The summed E-state index contributed by atoms with van der Waals surface area (Å²) in [5.74, 6) is 6.65. The zero-order chi connectivity index (χ0) is 15.5. The van der Waals surface area contributed by atoms with Gasteiger partial charge in [0.15, 0.2) is 0 Å². The largest absolute Gasteiger partial charge is 0.494 e. The average Bonchev–Trinajstić information content (AvgIpc) is 2.91. The molecule has 5 nitrogen and oxygen atoms in total. The average molecular weight is 306 g/mol. The van der Waals surface area contributed by atoms with Crippen LogP contribution in [0.1, 0.15) is 49.9 Å². The first-order valence-electron chi connectivity index (χ1n) is 6.99. The third-order valence-corrected chi connectivity index (χ3v) is 3.97. The second-order valence-electron chi connectivity index (χ2n) is 5.81. The lowest BCUT2D eigenvalue weighted by atomic mass is 9.89. The fourth-order valence-electron chi connectivity index (χ4n) is 2.22. The fourth-order valence-corrected chi connectivity index (χ4v) is 3.16. The normalized spacial score (nSPS) is 13.2. The van der Waals surface area contributed by atoms with Gasteiger partial charge in [-0.15, -0.1) is 5.10 Å². The Bertz CT molecular complexity index is 591. The number of hydrogen-bond donors (Lipinski definition) is 2. The van der Waals surface area contributed by atoms with Crippen LogP contribution in [0.2, 0.25) is 0 Å². The summed E-state index contributed by atoms with van der Waals surface area (Å²) in [5, 5.41) is 4.29. The summed E-state index contributed by atoms with van der Waals surface area (Å²) < 4.78 is 9.83. The molecule has 0 radical (unpaired) electrons. The lowest BCUT2D eigenvalue weighted by Crippen LogP contribution is -2.30. The quantitative estimate of drug-likeness (QED) is 0.656. The number of nitrogens with zero attached hydrogens (tertiary/aromatic N) is 2. The molecular formula is C15H22N4OS. The van der Waals surface area contributed by atoms with Crippen molar-refractivity contribution >= 4 is 11.5 Å². The van der Waals surface area contributed by atoms with Crippen molar-refractivity contribution in [3.63, 3.8) is 0 Å². The van der Waals surface area contributed by atoms with Gasteiger partial charge in [-0.1, -0.05) is 43.5 Å². The van der Waals surface area contributed by atoms with Crippen molar-refractivity contribution in [3.05, 3.63) is 40.4 Å². The molecule has 0 aliphatic carbocycles. The first-order valence-corrected chi connectivity index (χ1v) is 7.77. The van der Waals surface area contributed by atoms with Crippen LogP contribution >= 0.6 is 11.5 Å². The SMILES string of the molecule is CCOc1ccccc1C(NN)c1snnc1C(C)(C)C. The van der Waals surface area contributed by atoms with Crippen LogP contribution in [0.4, 0.5) is 0 Å². The molecule has 1 aromatic carbocycles. The summed E-state index contributed by atoms with van der Waals surface area (Å²) >= 11 is 1.37. The summed E-state index contributed by atoms with van der Waals surface area (Å²) in [6.45, 7) is 8.94. The van der Waals surface area contributed by atoms with Gasteiger partial charge in [-0.05, 0) is 24.5 Å². The number of nitrogens with two attached hydrogens (primary N) is 1. The Labute approximate surface area is 129 Å². The maximum Gasteiger partial charge on any atom is 0.124 e. The van der Waals surface area contributed by atoms with E-state index in [-0.39, 0.29) is 11.5 Å². The van der Waals surface area contributed by atoms with E-state index in [1.54, 1.807) is 0 Å². The minimum atomic E-state index is -0.179. The van der Waals surface area contributed by atoms with Crippen molar-refractivity contribution in [1.82, 2.24) is 15.0 Å². The van der Waals surface area contributed by atoms with E-state index in [0.29, 0.717) is 6.61 Å². The monoisotopic (exact) mass is 306 g/mol. The first kappa shape index (κ1) is 15.9. The highest BCUT2D eigenvalue weighted by Crippen LogP contribution is 2.36. The molecule has 6 heteroatoms. The van der Waals surface area contributed by atoms with Gasteiger partial charge in [-0.3, -0.25) is 5.84 Å². The second-order valence-corrected chi connectivity index (χ2v) is 6.59. The van der Waals surface area contributed by atoms with Crippen molar-refractivity contribution in [2.75, 3.05) is 6.61 Å². The number of hydrogen-bond acceptors (Lipinski definition) is 6. The second kappa shape index (κ2) is 6.51. The van der Waals surface area contributed by atoms with Crippen LogP contribution in [0.25, 0.3) is 0 Å². The number of hydrazine groups is 1. The van der Waals surface area contributed by atoms with Crippen LogP contribution in [-0.4, -0.2) is 16.2 Å². The van der Waals surface area contributed by atoms with Crippen molar-refractivity contribution in [1.29, 1.82) is 0 Å². The Kier molecular flexibility index (Phi) is 4.92. The molecular weight excluding hydrogens is 284 g/mol. The fraction of sp³-hybridized carbons (Fsp3) is 0.467. The van der Waals surface area contributed by atoms with Crippen molar-refractivity contribution in [3.8, 4) is 5.75 Å². The molecule has 21 heavy (non-hydrogen) atoms. The maximum absolute atomic E-state index is 5.82. The Morgan fingerprint density at radius 3 is 2.67 bits per heavy atom. The van der Waals surface area contributed by atoms with Crippen LogP contribution in [0.5, 0.6) is 5.75 Å². The molecule has 1 heterocycles. The van der Waals surface area contributed by atoms with E-state index in [9.17, 15) is 0 Å². The van der Waals surface area contributed by atoms with Gasteiger partial charge >= 0.3 is 0 Å². The number of para-hydroxylation sites is 1. The zero-order valence-corrected chi connectivity index (χ0v) is 13.7. The van der Waals surface area contributed by atoms with E-state index in [1.165, 1.54) is 11.5 Å². The Balaban J connectivity index is 2.48. The Morgan fingerprint density at radius 1 is 1.33 bits per heavy atom. The van der Waals surface area contributed by atoms with Crippen molar-refractivity contribution in [2.45, 2.75) is 39.2 Å². The van der Waals surface area contributed by atoms with Gasteiger partial charge in [0.05, 0.1) is 23.2 Å². The molecule has 0 saturated heterocycles. The lowest BCUT2D eigenvalue weighted by Gasteiger charge is -2.23. The number of ether oxygens (including phenoxy) is 1. The minimum Gasteiger partial charge on any atom is -0.494 e. The smallest absolute Gasteiger partial charge is 0.124 e. The van der Waals surface area contributed by atoms with Gasteiger partial charge in [0.25, 0.3) is 0 Å². The summed E-state index contributed by atoms with van der Waals surface area (Å²) in [6, 6.07) is 7.73. The van der Waals surface area contributed by atoms with Gasteiger partial charge in [0, 0.05) is 11.0 Å². The number of nitrogens with one attached hydrogen (secondary N) is 1. The van der Waals surface area contributed by atoms with E-state index < -0.39 is 0 Å². The van der Waals surface area contributed by atoms with E-state index >= 15 is 0 Å². The Hall–Kier alpha value is -1.50. The van der Waals surface area contributed by atoms with Gasteiger partial charge in [0.2, 0.25) is 0 Å². The molecule has 1 unspecified atom stereocenters. The van der Waals surface area contributed by atoms with Crippen molar-refractivity contribution < 1.29 is 4.74 Å².